The molecule has 162 valence electrons. The highest BCUT2D eigenvalue weighted by Gasteiger charge is 2.26. The molecule has 5 heteroatoms. The van der Waals surface area contributed by atoms with Gasteiger partial charge in [-0.2, -0.15) is 0 Å². The maximum atomic E-state index is 10.4. The van der Waals surface area contributed by atoms with Crippen molar-refractivity contribution in [1.29, 1.82) is 0 Å². The maximum absolute atomic E-state index is 10.4. The molecule has 1 atom stereocenters. The topological polar surface area (TPSA) is 32.3 Å². The Bertz CT molecular complexity index is 543. The van der Waals surface area contributed by atoms with Gasteiger partial charge in [-0.3, -0.25) is 0 Å². The second kappa shape index (κ2) is 13.3. The Kier molecular flexibility index (Phi) is 12.3. The molecule has 1 fully saturated rings. The molecule has 0 radical (unpaired) electrons. The van der Waals surface area contributed by atoms with Crippen molar-refractivity contribution in [2.75, 3.05) is 13.1 Å². The molecule has 2 N–H and O–H groups in total. The van der Waals surface area contributed by atoms with Crippen LogP contribution in [0.1, 0.15) is 77.0 Å². The first-order valence-corrected chi connectivity index (χ1v) is 14.3. The normalized spacial score (nSPS) is 17.2. The standard InChI is InChI=1S/C17H25Cl2NO.C6H16Si/c1-12-8-13(18)16(14(19)9-12)15(21)10-20-11-17(2)6-4-3-5-7-17;1-4-7(5-2)6-3/h8-9,15,20-21H,3-7,10-11H2,1-2H3;7H,4-6H2,1-3H3. The van der Waals surface area contributed by atoms with E-state index in [-0.39, 0.29) is 8.80 Å². The summed E-state index contributed by atoms with van der Waals surface area (Å²) in [5, 5.41) is 14.8. The molecule has 2 nitrogen and oxygen atoms in total. The van der Waals surface area contributed by atoms with Crippen molar-refractivity contribution < 1.29 is 5.11 Å². The Morgan fingerprint density at radius 1 is 1.04 bits per heavy atom. The molecule has 1 unspecified atom stereocenters. The van der Waals surface area contributed by atoms with Gasteiger partial charge >= 0.3 is 0 Å². The molecule has 0 saturated heterocycles. The molecule has 1 aliphatic rings. The fraction of sp³-hybridized carbons (Fsp3) is 0.739. The van der Waals surface area contributed by atoms with Crippen molar-refractivity contribution in [3.05, 3.63) is 33.3 Å². The minimum absolute atomic E-state index is 0.171. The Hall–Kier alpha value is -0.0631. The first kappa shape index (κ1) is 26.0. The second-order valence-corrected chi connectivity index (χ2v) is 13.7. The Morgan fingerprint density at radius 2 is 1.54 bits per heavy atom. The first-order chi connectivity index (χ1) is 13.3. The predicted octanol–water partition coefficient (Wildman–Crippen LogP) is 7.17. The highest BCUT2D eigenvalue weighted by Crippen LogP contribution is 2.35. The third-order valence-electron chi connectivity index (χ3n) is 6.24. The quantitative estimate of drug-likeness (QED) is 0.415. The summed E-state index contributed by atoms with van der Waals surface area (Å²) in [6, 6.07) is 8.16. The Labute approximate surface area is 185 Å². The number of aliphatic hydroxyl groups excluding tert-OH is 1. The molecule has 2 rings (SSSR count). The summed E-state index contributed by atoms with van der Waals surface area (Å²) in [5.74, 6) is 0. The number of hydrogen-bond donors (Lipinski definition) is 2. The number of halogens is 2. The van der Waals surface area contributed by atoms with E-state index in [1.807, 2.05) is 19.1 Å². The van der Waals surface area contributed by atoms with Crippen LogP contribution in [0.25, 0.3) is 0 Å². The molecule has 1 aliphatic carbocycles. The van der Waals surface area contributed by atoms with E-state index >= 15 is 0 Å². The molecular weight excluding hydrogens is 405 g/mol. The van der Waals surface area contributed by atoms with E-state index in [4.69, 9.17) is 23.2 Å². The summed E-state index contributed by atoms with van der Waals surface area (Å²) in [4.78, 5) is 0. The van der Waals surface area contributed by atoms with Gasteiger partial charge in [-0.25, -0.2) is 0 Å². The van der Waals surface area contributed by atoms with Crippen molar-refractivity contribution in [1.82, 2.24) is 5.32 Å². The van der Waals surface area contributed by atoms with Crippen LogP contribution in [0, 0.1) is 12.3 Å². The van der Waals surface area contributed by atoms with E-state index in [1.54, 1.807) is 0 Å². The highest BCUT2D eigenvalue weighted by atomic mass is 35.5. The SMILES string of the molecule is CC[SiH](CC)CC.Cc1cc(Cl)c(C(O)CNCC2(C)CCCCC2)c(Cl)c1. The molecule has 0 aliphatic heterocycles. The lowest BCUT2D eigenvalue weighted by molar-refractivity contribution is 0.155. The summed E-state index contributed by atoms with van der Waals surface area (Å²) in [6.45, 7) is 12.7. The van der Waals surface area contributed by atoms with Crippen LogP contribution in [0.3, 0.4) is 0 Å². The van der Waals surface area contributed by atoms with Crippen LogP contribution < -0.4 is 5.32 Å². The number of aryl methyl sites for hydroxylation is 1. The average molecular weight is 447 g/mol. The zero-order valence-corrected chi connectivity index (χ0v) is 21.3. The lowest BCUT2D eigenvalue weighted by Gasteiger charge is -2.34. The van der Waals surface area contributed by atoms with Crippen molar-refractivity contribution in [2.45, 2.75) is 91.0 Å². The molecule has 0 aromatic heterocycles. The summed E-state index contributed by atoms with van der Waals surface area (Å²) in [6.07, 6.45) is 5.85. The van der Waals surface area contributed by atoms with Gasteiger partial charge in [0.1, 0.15) is 0 Å². The molecule has 0 bridgehead atoms. The van der Waals surface area contributed by atoms with Gasteiger partial charge in [0, 0.05) is 37.5 Å². The van der Waals surface area contributed by atoms with E-state index in [1.165, 1.54) is 50.2 Å². The third-order valence-corrected chi connectivity index (χ3v) is 10.3. The minimum atomic E-state index is -0.669. The largest absolute Gasteiger partial charge is 0.387 e. The summed E-state index contributed by atoms with van der Waals surface area (Å²) in [5.41, 5.74) is 1.99. The zero-order valence-electron chi connectivity index (χ0n) is 18.6. The smallest absolute Gasteiger partial charge is 0.0943 e. The molecule has 28 heavy (non-hydrogen) atoms. The first-order valence-electron chi connectivity index (χ1n) is 11.1. The maximum Gasteiger partial charge on any atom is 0.0943 e. The van der Waals surface area contributed by atoms with Crippen LogP contribution in [-0.2, 0) is 0 Å². The summed E-state index contributed by atoms with van der Waals surface area (Å²) >= 11 is 12.4. The number of aliphatic hydroxyl groups is 1. The fourth-order valence-electron chi connectivity index (χ4n) is 4.09. The minimum Gasteiger partial charge on any atom is -0.387 e. The van der Waals surface area contributed by atoms with Crippen LogP contribution >= 0.6 is 23.2 Å². The van der Waals surface area contributed by atoms with Gasteiger partial charge < -0.3 is 10.4 Å². The van der Waals surface area contributed by atoms with E-state index in [0.29, 0.717) is 27.6 Å². The van der Waals surface area contributed by atoms with Gasteiger partial charge in [-0.1, -0.05) is 88.3 Å². The number of benzene rings is 1. The molecule has 1 saturated carbocycles. The lowest BCUT2D eigenvalue weighted by Crippen LogP contribution is -2.35. The number of nitrogens with one attached hydrogen (secondary N) is 1. The number of hydrogen-bond acceptors (Lipinski definition) is 2. The molecule has 0 heterocycles. The lowest BCUT2D eigenvalue weighted by atomic mass is 9.76. The predicted molar refractivity (Wildman–Crippen MR) is 129 cm³/mol. The van der Waals surface area contributed by atoms with Gasteiger partial charge in [0.15, 0.2) is 0 Å². The van der Waals surface area contributed by atoms with Crippen molar-refractivity contribution in [3.8, 4) is 0 Å². The Balaban J connectivity index is 0.000000480. The van der Waals surface area contributed by atoms with Crippen LogP contribution in [0.15, 0.2) is 12.1 Å². The molecule has 1 aromatic carbocycles. The van der Waals surface area contributed by atoms with E-state index < -0.39 is 6.10 Å². The number of rotatable bonds is 8. The van der Waals surface area contributed by atoms with Gasteiger partial charge in [-0.15, -0.1) is 0 Å². The van der Waals surface area contributed by atoms with Gasteiger partial charge in [0.25, 0.3) is 0 Å². The van der Waals surface area contributed by atoms with E-state index in [0.717, 1.165) is 12.1 Å². The van der Waals surface area contributed by atoms with Crippen LogP contribution in [0.4, 0.5) is 0 Å². The van der Waals surface area contributed by atoms with Crippen molar-refractivity contribution >= 4 is 32.0 Å². The Morgan fingerprint density at radius 3 is 1.96 bits per heavy atom. The summed E-state index contributed by atoms with van der Waals surface area (Å²) in [7, 11) is -0.171. The summed E-state index contributed by atoms with van der Waals surface area (Å²) < 4.78 is 0. The molecule has 0 amide bonds. The van der Waals surface area contributed by atoms with Crippen molar-refractivity contribution in [2.24, 2.45) is 5.41 Å². The van der Waals surface area contributed by atoms with E-state index in [2.05, 4.69) is 33.0 Å². The van der Waals surface area contributed by atoms with Crippen LogP contribution in [0.5, 0.6) is 0 Å². The van der Waals surface area contributed by atoms with Crippen LogP contribution in [-0.4, -0.2) is 27.0 Å². The van der Waals surface area contributed by atoms with Gasteiger partial charge in [0.2, 0.25) is 0 Å². The molecule has 1 aromatic rings. The molecule has 0 spiro atoms. The zero-order chi connectivity index (χ0) is 21.2. The third kappa shape index (κ3) is 8.75. The monoisotopic (exact) mass is 445 g/mol. The van der Waals surface area contributed by atoms with Crippen molar-refractivity contribution in [3.63, 3.8) is 0 Å². The van der Waals surface area contributed by atoms with E-state index in [9.17, 15) is 5.11 Å². The van der Waals surface area contributed by atoms with Gasteiger partial charge in [0.05, 0.1) is 6.10 Å². The van der Waals surface area contributed by atoms with Gasteiger partial charge in [-0.05, 0) is 42.9 Å². The fourth-order valence-corrected chi connectivity index (χ4v) is 6.67. The average Bonchev–Trinajstić information content (AvgIpc) is 2.63. The van der Waals surface area contributed by atoms with Crippen LogP contribution in [0.2, 0.25) is 28.2 Å². The highest BCUT2D eigenvalue weighted by molar-refractivity contribution is 6.58. The molecular formula is C23H41Cl2NOSi. The second-order valence-electron chi connectivity index (χ2n) is 8.75.